The molecule has 0 unspecified atom stereocenters. The zero-order valence-corrected chi connectivity index (χ0v) is 8.28. The van der Waals surface area contributed by atoms with Gasteiger partial charge in [-0.15, -0.1) is 0 Å². The van der Waals surface area contributed by atoms with E-state index in [9.17, 15) is 9.59 Å². The van der Waals surface area contributed by atoms with Gasteiger partial charge < -0.3 is 10.1 Å². The number of aromatic nitrogens is 2. The molecule has 1 aromatic carbocycles. The number of carbonyl (C=O) groups is 1. The van der Waals surface area contributed by atoms with E-state index < -0.39 is 11.7 Å². The Labute approximate surface area is 88.9 Å². The third kappa shape index (κ3) is 1.73. The second-order valence-electron chi connectivity index (χ2n) is 3.07. The largest absolute Gasteiger partial charge is 0.480 e. The molecule has 0 aliphatic rings. The summed E-state index contributed by atoms with van der Waals surface area (Å²) in [5, 5.41) is 9.09. The van der Waals surface area contributed by atoms with Gasteiger partial charge in [0.15, 0.2) is 0 Å². The lowest BCUT2D eigenvalue weighted by Crippen LogP contribution is -2.21. The molecular weight excluding hydrogens is 220 g/mol. The molecule has 1 aromatic heterocycles. The number of hydrogen-bond donors (Lipinski definition) is 2. The highest BCUT2D eigenvalue weighted by Crippen LogP contribution is 2.16. The van der Waals surface area contributed by atoms with E-state index >= 15 is 0 Å². The average molecular weight is 227 g/mol. The van der Waals surface area contributed by atoms with Gasteiger partial charge in [0.25, 0.3) is 0 Å². The minimum atomic E-state index is -1.07. The Morgan fingerprint density at radius 1 is 1.53 bits per heavy atom. The number of rotatable bonds is 2. The lowest BCUT2D eigenvalue weighted by molar-refractivity contribution is -0.137. The monoisotopic (exact) mass is 226 g/mol. The van der Waals surface area contributed by atoms with Crippen molar-refractivity contribution in [1.82, 2.24) is 9.55 Å². The third-order valence-corrected chi connectivity index (χ3v) is 2.27. The fourth-order valence-electron chi connectivity index (χ4n) is 1.42. The van der Waals surface area contributed by atoms with Crippen molar-refractivity contribution < 1.29 is 9.90 Å². The van der Waals surface area contributed by atoms with Gasteiger partial charge in [-0.05, 0) is 18.2 Å². The normalized spacial score (nSPS) is 10.7. The van der Waals surface area contributed by atoms with Crippen LogP contribution in [0.4, 0.5) is 0 Å². The van der Waals surface area contributed by atoms with Crippen molar-refractivity contribution in [2.75, 3.05) is 0 Å². The van der Waals surface area contributed by atoms with E-state index in [1.54, 1.807) is 18.2 Å². The highest BCUT2D eigenvalue weighted by Gasteiger charge is 2.09. The van der Waals surface area contributed by atoms with Crippen molar-refractivity contribution in [3.8, 4) is 0 Å². The number of halogens is 1. The summed E-state index contributed by atoms with van der Waals surface area (Å²) >= 11 is 5.76. The Bertz CT molecular complexity index is 585. The summed E-state index contributed by atoms with van der Waals surface area (Å²) in [5.74, 6) is -1.07. The van der Waals surface area contributed by atoms with Crippen molar-refractivity contribution >= 4 is 28.6 Å². The van der Waals surface area contributed by atoms with Crippen molar-refractivity contribution in [3.63, 3.8) is 0 Å². The van der Waals surface area contributed by atoms with E-state index in [2.05, 4.69) is 4.98 Å². The van der Waals surface area contributed by atoms with E-state index in [1.807, 2.05) is 0 Å². The van der Waals surface area contributed by atoms with Gasteiger partial charge in [-0.2, -0.15) is 0 Å². The SMILES string of the molecule is O=C(O)Cn1c(=O)[nH]c2ccc(Cl)cc21. The Morgan fingerprint density at radius 3 is 2.93 bits per heavy atom. The summed E-state index contributed by atoms with van der Waals surface area (Å²) in [5.41, 5.74) is 0.621. The summed E-state index contributed by atoms with van der Waals surface area (Å²) in [4.78, 5) is 24.5. The van der Waals surface area contributed by atoms with Crippen LogP contribution in [0.25, 0.3) is 11.0 Å². The summed E-state index contributed by atoms with van der Waals surface area (Å²) < 4.78 is 1.13. The minimum absolute atomic E-state index is 0.376. The molecule has 2 N–H and O–H groups in total. The molecule has 0 amide bonds. The third-order valence-electron chi connectivity index (χ3n) is 2.03. The molecule has 0 aliphatic carbocycles. The second kappa shape index (κ2) is 3.43. The molecule has 15 heavy (non-hydrogen) atoms. The van der Waals surface area contributed by atoms with Gasteiger partial charge in [-0.3, -0.25) is 9.36 Å². The van der Waals surface area contributed by atoms with Crippen molar-refractivity contribution in [2.24, 2.45) is 0 Å². The predicted molar refractivity (Wildman–Crippen MR) is 55.2 cm³/mol. The molecule has 0 radical (unpaired) electrons. The summed E-state index contributed by atoms with van der Waals surface area (Å²) in [7, 11) is 0. The number of hydrogen-bond acceptors (Lipinski definition) is 2. The zero-order chi connectivity index (χ0) is 11.0. The fraction of sp³-hybridized carbons (Fsp3) is 0.111. The first kappa shape index (κ1) is 9.79. The van der Waals surface area contributed by atoms with Gasteiger partial charge in [0.1, 0.15) is 6.54 Å². The van der Waals surface area contributed by atoms with Crippen molar-refractivity contribution in [1.29, 1.82) is 0 Å². The molecule has 2 aromatic rings. The first-order valence-corrected chi connectivity index (χ1v) is 4.55. The second-order valence-corrected chi connectivity index (χ2v) is 3.51. The van der Waals surface area contributed by atoms with Gasteiger partial charge in [-0.25, -0.2) is 4.79 Å². The van der Waals surface area contributed by atoms with Crippen LogP contribution in [-0.4, -0.2) is 20.6 Å². The Balaban J connectivity index is 2.70. The number of H-pyrrole nitrogens is 1. The number of aromatic amines is 1. The lowest BCUT2D eigenvalue weighted by Gasteiger charge is -1.98. The number of aliphatic carboxylic acids is 1. The summed E-state index contributed by atoms with van der Waals surface area (Å²) in [6.07, 6.45) is 0. The molecule has 0 fully saturated rings. The first-order valence-electron chi connectivity index (χ1n) is 4.18. The zero-order valence-electron chi connectivity index (χ0n) is 7.53. The molecule has 0 aliphatic heterocycles. The molecule has 78 valence electrons. The lowest BCUT2D eigenvalue weighted by atomic mass is 10.3. The molecule has 1 heterocycles. The number of fused-ring (bicyclic) bond motifs is 1. The highest BCUT2D eigenvalue weighted by molar-refractivity contribution is 6.31. The smallest absolute Gasteiger partial charge is 0.327 e. The molecule has 0 spiro atoms. The Kier molecular flexibility index (Phi) is 2.24. The molecule has 0 atom stereocenters. The number of carboxylic acids is 1. The number of carboxylic acid groups (broad SMARTS) is 1. The number of imidazole rings is 1. The maximum Gasteiger partial charge on any atom is 0.327 e. The molecule has 6 heteroatoms. The van der Waals surface area contributed by atoms with E-state index in [-0.39, 0.29) is 6.54 Å². The maximum absolute atomic E-state index is 11.4. The van der Waals surface area contributed by atoms with Crippen LogP contribution in [0.3, 0.4) is 0 Å². The first-order chi connectivity index (χ1) is 7.08. The maximum atomic E-state index is 11.4. The van der Waals surface area contributed by atoms with Gasteiger partial charge in [0.05, 0.1) is 11.0 Å². The van der Waals surface area contributed by atoms with Crippen LogP contribution in [0.5, 0.6) is 0 Å². The average Bonchev–Trinajstić information content (AvgIpc) is 2.43. The number of nitrogens with one attached hydrogen (secondary N) is 1. The van der Waals surface area contributed by atoms with E-state index in [1.165, 1.54) is 0 Å². The predicted octanol–water partition coefficient (Wildman–Crippen LogP) is 1.07. The van der Waals surface area contributed by atoms with E-state index in [4.69, 9.17) is 16.7 Å². The highest BCUT2D eigenvalue weighted by atomic mass is 35.5. The summed E-state index contributed by atoms with van der Waals surface area (Å²) in [6, 6.07) is 4.82. The standard InChI is InChI=1S/C9H7ClN2O3/c10-5-1-2-6-7(3-5)12(4-8(13)14)9(15)11-6/h1-3H,4H2,(H,11,15)(H,13,14). The molecule has 5 nitrogen and oxygen atoms in total. The molecule has 0 saturated heterocycles. The minimum Gasteiger partial charge on any atom is -0.480 e. The molecule has 2 rings (SSSR count). The van der Waals surface area contributed by atoms with Crippen LogP contribution in [0.2, 0.25) is 5.02 Å². The number of nitrogens with zero attached hydrogens (tertiary/aromatic N) is 1. The van der Waals surface area contributed by atoms with Gasteiger partial charge in [0.2, 0.25) is 0 Å². The van der Waals surface area contributed by atoms with Crippen LogP contribution in [-0.2, 0) is 11.3 Å². The number of benzene rings is 1. The van der Waals surface area contributed by atoms with Gasteiger partial charge in [-0.1, -0.05) is 11.6 Å². The van der Waals surface area contributed by atoms with Gasteiger partial charge >= 0.3 is 11.7 Å². The summed E-state index contributed by atoms with van der Waals surface area (Å²) in [6.45, 7) is -0.376. The van der Waals surface area contributed by atoms with Gasteiger partial charge in [0, 0.05) is 5.02 Å². The molecule has 0 bridgehead atoms. The van der Waals surface area contributed by atoms with Crippen molar-refractivity contribution in [2.45, 2.75) is 6.54 Å². The fourth-order valence-corrected chi connectivity index (χ4v) is 1.58. The van der Waals surface area contributed by atoms with Crippen LogP contribution < -0.4 is 5.69 Å². The van der Waals surface area contributed by atoms with E-state index in [0.29, 0.717) is 16.1 Å². The topological polar surface area (TPSA) is 75.1 Å². The van der Waals surface area contributed by atoms with Crippen LogP contribution in [0.1, 0.15) is 0 Å². The Morgan fingerprint density at radius 2 is 2.27 bits per heavy atom. The molecular formula is C9H7ClN2O3. The van der Waals surface area contributed by atoms with Crippen molar-refractivity contribution in [3.05, 3.63) is 33.7 Å². The Hall–Kier alpha value is -1.75. The van der Waals surface area contributed by atoms with Crippen LogP contribution in [0, 0.1) is 0 Å². The van der Waals surface area contributed by atoms with Crippen LogP contribution in [0.15, 0.2) is 23.0 Å². The van der Waals surface area contributed by atoms with E-state index in [0.717, 1.165) is 4.57 Å². The molecule has 0 saturated carbocycles. The quantitative estimate of drug-likeness (QED) is 0.804. The van der Waals surface area contributed by atoms with Crippen LogP contribution >= 0.6 is 11.6 Å².